The molecule has 0 saturated carbocycles. The lowest BCUT2D eigenvalue weighted by Gasteiger charge is -2.18. The normalized spacial score (nSPS) is 14.5. The second-order valence-corrected chi connectivity index (χ2v) is 6.44. The van der Waals surface area contributed by atoms with E-state index in [0.29, 0.717) is 5.69 Å². The lowest BCUT2D eigenvalue weighted by atomic mass is 10.1. The van der Waals surface area contributed by atoms with Gasteiger partial charge in [0.15, 0.2) is 0 Å². The van der Waals surface area contributed by atoms with Gasteiger partial charge in [-0.3, -0.25) is 9.59 Å². The first kappa shape index (κ1) is 17.2. The van der Waals surface area contributed by atoms with E-state index in [9.17, 15) is 9.59 Å². The van der Waals surface area contributed by atoms with Crippen molar-refractivity contribution in [2.45, 2.75) is 27.2 Å². The molecule has 128 valence electrons. The Kier molecular flexibility index (Phi) is 4.64. The summed E-state index contributed by atoms with van der Waals surface area (Å²) in [4.78, 5) is 26.6. The van der Waals surface area contributed by atoms with E-state index in [2.05, 4.69) is 5.32 Å². The summed E-state index contributed by atoms with van der Waals surface area (Å²) in [6, 6.07) is 13.2. The van der Waals surface area contributed by atoms with E-state index >= 15 is 0 Å². The Morgan fingerprint density at radius 2 is 1.76 bits per heavy atom. The maximum Gasteiger partial charge on any atom is 0.283 e. The minimum Gasteiger partial charge on any atom is -0.349 e. The number of aryl methyl sites for hydroxylation is 3. The number of benzene rings is 2. The monoisotopic (exact) mass is 354 g/mol. The third kappa shape index (κ3) is 3.05. The van der Waals surface area contributed by atoms with E-state index in [1.165, 1.54) is 0 Å². The molecule has 0 aromatic heterocycles. The molecular weight excluding hydrogens is 336 g/mol. The Balaban J connectivity index is 1.97. The van der Waals surface area contributed by atoms with Gasteiger partial charge in [0, 0.05) is 5.69 Å². The summed E-state index contributed by atoms with van der Waals surface area (Å²) in [5.74, 6) is -0.942. The van der Waals surface area contributed by atoms with Crippen LogP contribution >= 0.6 is 11.6 Å². The lowest BCUT2D eigenvalue weighted by Crippen LogP contribution is -2.32. The largest absolute Gasteiger partial charge is 0.349 e. The summed E-state index contributed by atoms with van der Waals surface area (Å²) in [6.07, 6.45) is 0.803. The Labute approximate surface area is 152 Å². The van der Waals surface area contributed by atoms with E-state index in [0.717, 1.165) is 33.7 Å². The van der Waals surface area contributed by atoms with Crippen molar-refractivity contribution in [3.63, 3.8) is 0 Å². The Morgan fingerprint density at radius 3 is 2.44 bits per heavy atom. The minimum atomic E-state index is -0.505. The van der Waals surface area contributed by atoms with Gasteiger partial charge in [0.2, 0.25) is 0 Å². The molecule has 0 unspecified atom stereocenters. The van der Waals surface area contributed by atoms with E-state index in [1.54, 1.807) is 6.07 Å². The van der Waals surface area contributed by atoms with Crippen molar-refractivity contribution in [3.8, 4) is 0 Å². The minimum absolute atomic E-state index is 0.0871. The molecule has 3 rings (SSSR count). The number of carbonyl (C=O) groups is 2. The fraction of sp³-hybridized carbons (Fsp3) is 0.200. The smallest absolute Gasteiger partial charge is 0.283 e. The predicted octanol–water partition coefficient (Wildman–Crippen LogP) is 4.30. The van der Waals surface area contributed by atoms with E-state index in [-0.39, 0.29) is 10.7 Å². The van der Waals surface area contributed by atoms with Crippen LogP contribution in [-0.4, -0.2) is 11.8 Å². The zero-order valence-corrected chi connectivity index (χ0v) is 15.1. The van der Waals surface area contributed by atoms with Crippen molar-refractivity contribution in [2.75, 3.05) is 10.2 Å². The number of carbonyl (C=O) groups excluding carboxylic acids is 2. The zero-order valence-electron chi connectivity index (χ0n) is 14.4. The maximum atomic E-state index is 12.9. The van der Waals surface area contributed by atoms with Crippen LogP contribution in [-0.2, 0) is 16.0 Å². The van der Waals surface area contributed by atoms with Gasteiger partial charge in [0.25, 0.3) is 11.8 Å². The molecule has 1 aliphatic heterocycles. The van der Waals surface area contributed by atoms with Gasteiger partial charge in [-0.2, -0.15) is 0 Å². The summed E-state index contributed by atoms with van der Waals surface area (Å²) >= 11 is 6.20. The molecule has 1 N–H and O–H groups in total. The number of amides is 2. The van der Waals surface area contributed by atoms with Gasteiger partial charge >= 0.3 is 0 Å². The average molecular weight is 355 g/mol. The molecule has 2 aromatic carbocycles. The summed E-state index contributed by atoms with van der Waals surface area (Å²) in [7, 11) is 0. The molecule has 2 amide bonds. The highest BCUT2D eigenvalue weighted by atomic mass is 35.5. The van der Waals surface area contributed by atoms with Crippen LogP contribution in [0.5, 0.6) is 0 Å². The molecular formula is C20H19ClN2O2. The third-order valence-corrected chi connectivity index (χ3v) is 4.63. The van der Waals surface area contributed by atoms with Gasteiger partial charge in [-0.1, -0.05) is 54.4 Å². The topological polar surface area (TPSA) is 49.4 Å². The van der Waals surface area contributed by atoms with E-state index < -0.39 is 11.8 Å². The SMILES string of the molecule is CCc1ccccc1NC1=C(Cl)C(=O)N(c2ccc(C)cc2C)C1=O. The molecule has 0 fully saturated rings. The fourth-order valence-electron chi connectivity index (χ4n) is 2.97. The van der Waals surface area contributed by atoms with Crippen LogP contribution in [0.25, 0.3) is 0 Å². The Hall–Kier alpha value is -2.59. The molecule has 0 atom stereocenters. The first-order chi connectivity index (χ1) is 11.9. The Morgan fingerprint density at radius 1 is 1.04 bits per heavy atom. The van der Waals surface area contributed by atoms with Crippen LogP contribution in [0.1, 0.15) is 23.6 Å². The van der Waals surface area contributed by atoms with Crippen LogP contribution in [0.15, 0.2) is 53.2 Å². The summed E-state index contributed by atoms with van der Waals surface area (Å²) < 4.78 is 0. The molecule has 1 heterocycles. The fourth-order valence-corrected chi connectivity index (χ4v) is 3.18. The second kappa shape index (κ2) is 6.73. The van der Waals surface area contributed by atoms with Gasteiger partial charge in [0.1, 0.15) is 10.7 Å². The quantitative estimate of drug-likeness (QED) is 0.833. The van der Waals surface area contributed by atoms with Crippen LogP contribution in [0.4, 0.5) is 11.4 Å². The summed E-state index contributed by atoms with van der Waals surface area (Å²) in [5.41, 5.74) is 4.41. The standard InChI is InChI=1S/C20H19ClN2O2/c1-4-14-7-5-6-8-15(14)22-18-17(21)19(24)23(20(18)25)16-10-9-12(2)11-13(16)3/h5-11,22H,4H2,1-3H3. The maximum absolute atomic E-state index is 12.9. The number of hydrogen-bond donors (Lipinski definition) is 1. The van der Waals surface area contributed by atoms with Crippen LogP contribution < -0.4 is 10.2 Å². The molecule has 4 nitrogen and oxygen atoms in total. The molecule has 25 heavy (non-hydrogen) atoms. The van der Waals surface area contributed by atoms with Gasteiger partial charge in [-0.15, -0.1) is 0 Å². The molecule has 0 aliphatic carbocycles. The third-order valence-electron chi connectivity index (χ3n) is 4.28. The number of halogens is 1. The number of para-hydroxylation sites is 1. The molecule has 0 saturated heterocycles. The highest BCUT2D eigenvalue weighted by molar-refractivity contribution is 6.53. The van der Waals surface area contributed by atoms with Crippen LogP contribution in [0, 0.1) is 13.8 Å². The van der Waals surface area contributed by atoms with Crippen molar-refractivity contribution < 1.29 is 9.59 Å². The number of imide groups is 1. The van der Waals surface area contributed by atoms with Crippen molar-refractivity contribution in [2.24, 2.45) is 0 Å². The number of nitrogens with zero attached hydrogens (tertiary/aromatic N) is 1. The van der Waals surface area contributed by atoms with Gasteiger partial charge in [0.05, 0.1) is 5.69 Å². The van der Waals surface area contributed by atoms with Crippen molar-refractivity contribution in [3.05, 3.63) is 69.9 Å². The number of hydrogen-bond acceptors (Lipinski definition) is 3. The van der Waals surface area contributed by atoms with Crippen LogP contribution in [0.2, 0.25) is 0 Å². The predicted molar refractivity (Wildman–Crippen MR) is 101 cm³/mol. The Bertz CT molecular complexity index is 902. The number of nitrogens with one attached hydrogen (secondary N) is 1. The van der Waals surface area contributed by atoms with Crippen LogP contribution in [0.3, 0.4) is 0 Å². The first-order valence-electron chi connectivity index (χ1n) is 8.14. The summed E-state index contributed by atoms with van der Waals surface area (Å²) in [5, 5.41) is 2.97. The molecule has 1 aliphatic rings. The highest BCUT2D eigenvalue weighted by Crippen LogP contribution is 2.32. The second-order valence-electron chi connectivity index (χ2n) is 6.06. The lowest BCUT2D eigenvalue weighted by molar-refractivity contribution is -0.120. The molecule has 2 aromatic rings. The van der Waals surface area contributed by atoms with E-state index in [1.807, 2.05) is 57.2 Å². The van der Waals surface area contributed by atoms with Gasteiger partial charge in [-0.25, -0.2) is 4.90 Å². The average Bonchev–Trinajstić information content (AvgIpc) is 2.80. The zero-order chi connectivity index (χ0) is 18.1. The van der Waals surface area contributed by atoms with Crippen molar-refractivity contribution in [1.29, 1.82) is 0 Å². The summed E-state index contributed by atoms with van der Waals surface area (Å²) in [6.45, 7) is 5.86. The molecule has 5 heteroatoms. The first-order valence-corrected chi connectivity index (χ1v) is 8.52. The van der Waals surface area contributed by atoms with Crippen molar-refractivity contribution in [1.82, 2.24) is 0 Å². The van der Waals surface area contributed by atoms with Gasteiger partial charge in [-0.05, 0) is 43.5 Å². The van der Waals surface area contributed by atoms with Gasteiger partial charge < -0.3 is 5.32 Å². The van der Waals surface area contributed by atoms with E-state index in [4.69, 9.17) is 11.6 Å². The molecule has 0 bridgehead atoms. The molecule has 0 radical (unpaired) electrons. The number of anilines is 2. The number of rotatable bonds is 4. The highest BCUT2D eigenvalue weighted by Gasteiger charge is 2.39. The van der Waals surface area contributed by atoms with Crippen molar-refractivity contribution >= 4 is 34.8 Å². The molecule has 0 spiro atoms.